The van der Waals surface area contributed by atoms with E-state index in [2.05, 4.69) is 31.8 Å². The Morgan fingerprint density at radius 3 is 2.08 bits per heavy atom. The zero-order chi connectivity index (χ0) is 39.7. The van der Waals surface area contributed by atoms with Gasteiger partial charge in [-0.05, 0) is 38.6 Å². The first-order chi connectivity index (χ1) is 24.0. The van der Waals surface area contributed by atoms with E-state index in [0.717, 1.165) is 48.6 Å². The number of imidazole rings is 1. The summed E-state index contributed by atoms with van der Waals surface area (Å²) in [5.41, 5.74) is 14.1. The number of carbonyl (C=O) groups is 4. The van der Waals surface area contributed by atoms with Gasteiger partial charge in [-0.2, -0.15) is 26.3 Å². The molecule has 3 aromatic rings. The van der Waals surface area contributed by atoms with E-state index < -0.39 is 36.3 Å². The van der Waals surface area contributed by atoms with Crippen molar-refractivity contribution in [2.24, 2.45) is 0 Å². The third-order valence-corrected chi connectivity index (χ3v) is 7.50. The number of anilines is 2. The van der Waals surface area contributed by atoms with Crippen molar-refractivity contribution in [1.29, 1.82) is 0 Å². The molecule has 7 N–H and O–H groups in total. The number of nitrogens with two attached hydrogens (primary N) is 2. The maximum absolute atomic E-state index is 12.9. The lowest BCUT2D eigenvalue weighted by atomic mass is 10.1. The van der Waals surface area contributed by atoms with Crippen LogP contribution in [0.25, 0.3) is 11.0 Å². The van der Waals surface area contributed by atoms with Crippen LogP contribution in [0.3, 0.4) is 0 Å². The number of carboxylic acids is 2. The van der Waals surface area contributed by atoms with Gasteiger partial charge < -0.3 is 46.7 Å². The number of piperazine rings is 1. The average Bonchev–Trinajstić information content (AvgIpc) is 3.32. The lowest BCUT2D eigenvalue weighted by Crippen LogP contribution is -2.47. The minimum atomic E-state index is -5.19. The summed E-state index contributed by atoms with van der Waals surface area (Å²) < 4.78 is 67.3. The van der Waals surface area contributed by atoms with E-state index in [9.17, 15) is 41.0 Å². The number of aliphatic hydroxyl groups is 1. The number of nitrogen functional groups attached to an aromatic ring is 2. The van der Waals surface area contributed by atoms with Crippen LogP contribution in [0.5, 0.6) is 0 Å². The van der Waals surface area contributed by atoms with Gasteiger partial charge in [0.15, 0.2) is 33.5 Å². The lowest BCUT2D eigenvalue weighted by Gasteiger charge is -2.32. The average molecular weight is 772 g/mol. The number of hydrogen-bond acceptors (Lipinski definition) is 11. The van der Waals surface area contributed by atoms with Crippen LogP contribution in [0.2, 0.25) is 5.15 Å². The Labute approximate surface area is 296 Å². The summed E-state index contributed by atoms with van der Waals surface area (Å²) in [6.07, 6.45) is -10.6. The summed E-state index contributed by atoms with van der Waals surface area (Å²) in [6, 6.07) is 5.93. The van der Waals surface area contributed by atoms with Crippen molar-refractivity contribution in [3.8, 4) is 0 Å². The molecule has 288 valence electrons. The summed E-state index contributed by atoms with van der Waals surface area (Å²) in [6.45, 7) is 7.99. The van der Waals surface area contributed by atoms with Crippen molar-refractivity contribution in [2.45, 2.75) is 58.4 Å². The van der Waals surface area contributed by atoms with E-state index in [-0.39, 0.29) is 34.9 Å². The Morgan fingerprint density at radius 2 is 1.60 bits per heavy atom. The number of aromatic nitrogens is 4. The molecule has 1 aliphatic heterocycles. The largest absolute Gasteiger partial charge is 0.542 e. The predicted molar refractivity (Wildman–Crippen MR) is 169 cm³/mol. The molecule has 0 aliphatic carbocycles. The molecule has 52 heavy (non-hydrogen) atoms. The third kappa shape index (κ3) is 12.1. The van der Waals surface area contributed by atoms with E-state index in [0.29, 0.717) is 19.5 Å². The number of aliphatic carboxylic acids is 2. The summed E-state index contributed by atoms with van der Waals surface area (Å²) in [4.78, 5) is 55.5. The normalized spacial score (nSPS) is 14.1. The first-order valence-corrected chi connectivity index (χ1v) is 15.5. The smallest absolute Gasteiger partial charge is 0.490 e. The van der Waals surface area contributed by atoms with Gasteiger partial charge in [0.25, 0.3) is 11.7 Å². The van der Waals surface area contributed by atoms with E-state index in [1.807, 2.05) is 34.6 Å². The number of rotatable bonds is 8. The zero-order valence-electron chi connectivity index (χ0n) is 27.9. The summed E-state index contributed by atoms with van der Waals surface area (Å²) in [5, 5.41) is 28.9. The number of hydrogen-bond donors (Lipinski definition) is 5. The minimum absolute atomic E-state index is 0.0523. The fourth-order valence-electron chi connectivity index (χ4n) is 4.75. The highest BCUT2D eigenvalue weighted by Gasteiger charge is 2.38. The highest BCUT2D eigenvalue weighted by molar-refractivity contribution is 6.31. The number of halogens is 7. The number of alkyl halides is 6. The minimum Gasteiger partial charge on any atom is -0.542 e. The van der Waals surface area contributed by atoms with Gasteiger partial charge in [0.2, 0.25) is 5.91 Å². The number of carboxylic acid groups (broad SMARTS) is 2. The van der Waals surface area contributed by atoms with Gasteiger partial charge in [-0.3, -0.25) is 9.59 Å². The highest BCUT2D eigenvalue weighted by atomic mass is 35.5. The molecule has 1 aromatic carbocycles. The molecular weight excluding hydrogens is 736 g/mol. The summed E-state index contributed by atoms with van der Waals surface area (Å²) in [5.74, 6) is -5.60. The van der Waals surface area contributed by atoms with Crippen molar-refractivity contribution in [3.63, 3.8) is 0 Å². The Bertz CT molecular complexity index is 1740. The van der Waals surface area contributed by atoms with Gasteiger partial charge in [-0.15, -0.1) is 0 Å². The second-order valence-electron chi connectivity index (χ2n) is 11.2. The number of likely N-dealkylation sites (N-methyl/N-ethyl adjacent to an activating group) is 1. The fourth-order valence-corrected chi connectivity index (χ4v) is 4.88. The van der Waals surface area contributed by atoms with Crippen LogP contribution < -0.4 is 26.5 Å². The van der Waals surface area contributed by atoms with Gasteiger partial charge in [-0.1, -0.05) is 17.7 Å². The molecule has 2 aromatic heterocycles. The van der Waals surface area contributed by atoms with Crippen molar-refractivity contribution in [1.82, 2.24) is 29.7 Å². The first kappa shape index (κ1) is 43.2. The molecular formula is C29H36ClF6N9O7. The van der Waals surface area contributed by atoms with Crippen LogP contribution in [-0.2, 0) is 40.4 Å². The van der Waals surface area contributed by atoms with Crippen molar-refractivity contribution in [2.75, 3.05) is 44.7 Å². The second kappa shape index (κ2) is 18.0. The molecule has 0 spiro atoms. The van der Waals surface area contributed by atoms with Gasteiger partial charge in [0, 0.05) is 26.2 Å². The fraction of sp³-hybridized carbons (Fsp3) is 0.483. The van der Waals surface area contributed by atoms with Crippen LogP contribution in [0, 0.1) is 0 Å². The Hall–Kier alpha value is -4.96. The molecule has 1 aliphatic rings. The second-order valence-corrected chi connectivity index (χ2v) is 11.6. The monoisotopic (exact) mass is 771 g/mol. The number of fused-ring (bicyclic) bond motifs is 1. The lowest BCUT2D eigenvalue weighted by molar-refractivity contribution is -0.686. The standard InChI is InChI=1S/C25H34ClN9O3.2C2HF3O2/c1-4-34-18-11-16(12-20(37)33-9-7-32(3)8-10-33)5-6-17(18)35(14-15(2)36)19(34)13-29-25(38)21-23(27)31-24(28)22(26)30-21;2*3-2(4,5)1(6)7/h5-6,11,15,36H,4,7-10,12-14H2,1-3H3,(H4-,27,28,29,31,38);2*(H,6,7)/t15-;;/m0../s1. The van der Waals surface area contributed by atoms with E-state index in [4.69, 9.17) is 42.9 Å². The Kier molecular flexibility index (Phi) is 15.0. The van der Waals surface area contributed by atoms with Crippen LogP contribution in [0.15, 0.2) is 18.2 Å². The number of aliphatic hydroxyl groups excluding tert-OH is 1. The van der Waals surface area contributed by atoms with Crippen molar-refractivity contribution < 1.29 is 65.4 Å². The van der Waals surface area contributed by atoms with Crippen molar-refractivity contribution >= 4 is 58.0 Å². The van der Waals surface area contributed by atoms with Crippen molar-refractivity contribution in [3.05, 3.63) is 40.4 Å². The molecule has 0 saturated carbocycles. The highest BCUT2D eigenvalue weighted by Crippen LogP contribution is 2.20. The molecule has 1 fully saturated rings. The van der Waals surface area contributed by atoms with Gasteiger partial charge in [0.1, 0.15) is 19.1 Å². The maximum Gasteiger partial charge on any atom is 0.490 e. The molecule has 23 heteroatoms. The van der Waals surface area contributed by atoms with Gasteiger partial charge >= 0.3 is 18.3 Å². The topological polar surface area (TPSA) is 237 Å². The Balaban J connectivity index is 0.000000564. The zero-order valence-corrected chi connectivity index (χ0v) is 28.6. The molecule has 2 amide bonds. The summed E-state index contributed by atoms with van der Waals surface area (Å²) >= 11 is 5.94. The number of amides is 2. The van der Waals surface area contributed by atoms with E-state index >= 15 is 0 Å². The number of benzene rings is 1. The molecule has 1 saturated heterocycles. The Morgan fingerprint density at radius 1 is 1.04 bits per heavy atom. The van der Waals surface area contributed by atoms with E-state index in [1.165, 1.54) is 0 Å². The number of nitrogens with zero attached hydrogens (tertiary/aromatic N) is 6. The van der Waals surface area contributed by atoms with Gasteiger partial charge in [0.05, 0.1) is 19.1 Å². The maximum atomic E-state index is 12.9. The molecule has 16 nitrogen and oxygen atoms in total. The molecule has 0 radical (unpaired) electrons. The molecule has 0 bridgehead atoms. The van der Waals surface area contributed by atoms with Crippen LogP contribution >= 0.6 is 11.6 Å². The van der Waals surface area contributed by atoms with Crippen LogP contribution in [-0.4, -0.2) is 110 Å². The van der Waals surface area contributed by atoms with Gasteiger partial charge in [-0.25, -0.2) is 23.9 Å². The summed E-state index contributed by atoms with van der Waals surface area (Å²) in [7, 11) is 2.06. The molecule has 4 rings (SSSR count). The number of aryl methyl sites for hydroxylation is 1. The SMILES string of the molecule is CCn1c(CNC(=O)c2nc(Cl)c(N)nc2N)[n+](C[C@H](C)O)c2ccc(CC(=O)N3CCN(C)CC3)cc21.O=C(O)C(F)(F)F.O=C([O-])C(F)(F)F. The predicted octanol–water partition coefficient (Wildman–Crippen LogP) is 0.116. The first-order valence-electron chi connectivity index (χ1n) is 15.1. The quantitative estimate of drug-likeness (QED) is 0.152. The third-order valence-electron chi connectivity index (χ3n) is 7.22. The van der Waals surface area contributed by atoms with E-state index in [1.54, 1.807) is 6.92 Å². The number of carbonyl (C=O) groups excluding carboxylic acids is 3. The van der Waals surface area contributed by atoms with Crippen LogP contribution in [0.4, 0.5) is 38.0 Å². The molecule has 1 atom stereocenters. The van der Waals surface area contributed by atoms with Crippen LogP contribution in [0.1, 0.15) is 35.7 Å². The number of nitrogens with one attached hydrogen (secondary N) is 1. The molecule has 0 unspecified atom stereocenters. The molecule has 3 heterocycles.